The Bertz CT molecular complexity index is 1680. The number of likely N-dealkylation sites (tertiary alicyclic amines) is 1. The molecule has 0 saturated carbocycles. The molecular weight excluding hydrogens is 598 g/mol. The van der Waals surface area contributed by atoms with E-state index < -0.39 is 23.7 Å². The van der Waals surface area contributed by atoms with Crippen LogP contribution in [0.25, 0.3) is 11.1 Å². The van der Waals surface area contributed by atoms with Gasteiger partial charge in [-0.05, 0) is 73.7 Å². The summed E-state index contributed by atoms with van der Waals surface area (Å²) in [6.45, 7) is 2.56. The zero-order valence-electron chi connectivity index (χ0n) is 25.0. The van der Waals surface area contributed by atoms with E-state index in [9.17, 15) is 19.2 Å². The molecule has 1 spiro atoms. The summed E-state index contributed by atoms with van der Waals surface area (Å²) in [5.41, 5.74) is 3.44. The Labute approximate surface area is 265 Å². The number of carbonyl (C=O) groups excluding carboxylic acids is 4. The van der Waals surface area contributed by atoms with Crippen LogP contribution >= 0.6 is 11.6 Å². The summed E-state index contributed by atoms with van der Waals surface area (Å²) < 4.78 is 10.6. The Morgan fingerprint density at radius 2 is 1.91 bits per heavy atom. The van der Waals surface area contributed by atoms with E-state index in [2.05, 4.69) is 20.9 Å². The minimum atomic E-state index is -1.02. The van der Waals surface area contributed by atoms with Crippen LogP contribution in [0.15, 0.2) is 54.7 Å². The van der Waals surface area contributed by atoms with Crippen LogP contribution in [-0.4, -0.2) is 54.1 Å². The molecule has 4 amide bonds. The van der Waals surface area contributed by atoms with Gasteiger partial charge < -0.3 is 19.7 Å². The summed E-state index contributed by atoms with van der Waals surface area (Å²) in [6.07, 6.45) is 3.35. The molecule has 11 nitrogen and oxygen atoms in total. The van der Waals surface area contributed by atoms with Crippen molar-refractivity contribution < 1.29 is 28.7 Å². The lowest BCUT2D eigenvalue weighted by Crippen LogP contribution is -2.54. The average molecular weight is 632 g/mol. The highest BCUT2D eigenvalue weighted by Gasteiger charge is 2.47. The molecule has 3 atom stereocenters. The summed E-state index contributed by atoms with van der Waals surface area (Å²) in [4.78, 5) is 58.5. The molecule has 1 aromatic heterocycles. The monoisotopic (exact) mass is 631 g/mol. The van der Waals surface area contributed by atoms with Crippen LogP contribution in [0.1, 0.15) is 56.2 Å². The molecular formula is C33H34ClN5O6. The maximum atomic E-state index is 14.4. The van der Waals surface area contributed by atoms with Gasteiger partial charge in [-0.1, -0.05) is 31.0 Å². The van der Waals surface area contributed by atoms with Crippen molar-refractivity contribution in [3.05, 3.63) is 71.0 Å². The first-order valence-electron chi connectivity index (χ1n) is 15.0. The quantitative estimate of drug-likeness (QED) is 0.293. The molecule has 2 bridgehead atoms. The molecule has 12 heteroatoms. The summed E-state index contributed by atoms with van der Waals surface area (Å²) in [6, 6.07) is 14.2. The third-order valence-corrected chi connectivity index (χ3v) is 9.03. The van der Waals surface area contributed by atoms with Gasteiger partial charge in [-0.2, -0.15) is 0 Å². The van der Waals surface area contributed by atoms with Gasteiger partial charge in [-0.25, -0.2) is 9.59 Å². The number of ether oxygens (including phenoxy) is 2. The summed E-state index contributed by atoms with van der Waals surface area (Å²) >= 11 is 6.35. The van der Waals surface area contributed by atoms with Gasteiger partial charge in [-0.3, -0.25) is 25.2 Å². The number of pyridine rings is 1. The maximum Gasteiger partial charge on any atom is 0.412 e. The summed E-state index contributed by atoms with van der Waals surface area (Å²) in [5, 5.41) is 8.92. The van der Waals surface area contributed by atoms with Crippen LogP contribution in [0.3, 0.4) is 0 Å². The highest BCUT2D eigenvalue weighted by molar-refractivity contribution is 6.30. The van der Waals surface area contributed by atoms with Gasteiger partial charge in [0.25, 0.3) is 0 Å². The maximum absolute atomic E-state index is 14.4. The number of benzene rings is 2. The normalized spacial score (nSPS) is 22.8. The van der Waals surface area contributed by atoms with Crippen LogP contribution in [0.5, 0.6) is 0 Å². The number of hydrogen-bond acceptors (Lipinski definition) is 7. The van der Waals surface area contributed by atoms with Crippen molar-refractivity contribution in [2.45, 2.75) is 50.5 Å². The summed E-state index contributed by atoms with van der Waals surface area (Å²) in [5.74, 6) is -1.17. The third kappa shape index (κ3) is 6.17. The van der Waals surface area contributed by atoms with Crippen LogP contribution in [0.2, 0.25) is 5.02 Å². The number of piperidine rings is 1. The van der Waals surface area contributed by atoms with Crippen LogP contribution in [0.4, 0.5) is 26.7 Å². The molecule has 3 aliphatic rings. The minimum Gasteiger partial charge on any atom is -0.453 e. The molecule has 1 unspecified atom stereocenters. The number of nitrogens with zero attached hydrogens (tertiary/aromatic N) is 2. The van der Waals surface area contributed by atoms with E-state index in [1.165, 1.54) is 7.11 Å². The lowest BCUT2D eigenvalue weighted by Gasteiger charge is -2.45. The lowest BCUT2D eigenvalue weighted by molar-refractivity contribution is -0.141. The molecule has 4 heterocycles. The van der Waals surface area contributed by atoms with Gasteiger partial charge in [0, 0.05) is 40.5 Å². The summed E-state index contributed by atoms with van der Waals surface area (Å²) in [7, 11) is 1.28. The topological polar surface area (TPSA) is 139 Å². The fourth-order valence-electron chi connectivity index (χ4n) is 6.47. The van der Waals surface area contributed by atoms with Crippen LogP contribution in [-0.2, 0) is 24.7 Å². The Hall–Kier alpha value is -4.64. The van der Waals surface area contributed by atoms with Crippen LogP contribution < -0.4 is 16.0 Å². The molecule has 3 aromatic rings. The number of nitrogens with one attached hydrogen (secondary N) is 3. The number of methoxy groups -OCH3 is 1. The van der Waals surface area contributed by atoms with Gasteiger partial charge in [0.05, 0.1) is 36.6 Å². The average Bonchev–Trinajstić information content (AvgIpc) is 3.03. The van der Waals surface area contributed by atoms with Gasteiger partial charge in [-0.15, -0.1) is 0 Å². The van der Waals surface area contributed by atoms with Gasteiger partial charge in [0.2, 0.25) is 11.8 Å². The number of amides is 4. The second-order valence-electron chi connectivity index (χ2n) is 11.8. The Balaban J connectivity index is 1.35. The van der Waals surface area contributed by atoms with Gasteiger partial charge in [0.1, 0.15) is 0 Å². The molecule has 0 radical (unpaired) electrons. The first-order chi connectivity index (χ1) is 21.7. The van der Waals surface area contributed by atoms with E-state index in [1.54, 1.807) is 47.5 Å². The fraction of sp³-hybridized carbons (Fsp3) is 0.364. The second kappa shape index (κ2) is 12.4. The number of aromatic nitrogens is 1. The smallest absolute Gasteiger partial charge is 0.412 e. The van der Waals surface area contributed by atoms with Crippen molar-refractivity contribution in [1.29, 1.82) is 0 Å². The molecule has 1 saturated heterocycles. The Kier molecular flexibility index (Phi) is 8.37. The van der Waals surface area contributed by atoms with Gasteiger partial charge in [0.15, 0.2) is 5.60 Å². The Morgan fingerprint density at radius 3 is 2.73 bits per heavy atom. The number of rotatable bonds is 2. The predicted molar refractivity (Wildman–Crippen MR) is 169 cm³/mol. The highest BCUT2D eigenvalue weighted by Crippen LogP contribution is 2.44. The second-order valence-corrected chi connectivity index (χ2v) is 12.2. The molecule has 45 heavy (non-hydrogen) atoms. The molecule has 234 valence electrons. The minimum absolute atomic E-state index is 0.108. The van der Waals surface area contributed by atoms with E-state index in [0.29, 0.717) is 72.0 Å². The fourth-order valence-corrected chi connectivity index (χ4v) is 6.64. The van der Waals surface area contributed by atoms with Crippen molar-refractivity contribution in [3.8, 4) is 11.1 Å². The predicted octanol–water partition coefficient (Wildman–Crippen LogP) is 6.50. The zero-order chi connectivity index (χ0) is 31.7. The zero-order valence-corrected chi connectivity index (χ0v) is 25.8. The van der Waals surface area contributed by atoms with Crippen molar-refractivity contribution in [3.63, 3.8) is 0 Å². The standard InChI is InChI=1S/C33H34ClN5O6/c1-19-5-3-6-24(30(41)39-14-4-12-33(18-39)25-16-21(34)7-10-26(25)38-32(43)45-33)27-15-20(11-13-35-27)23-9-8-22(36-31(42)44-2)17-28(23)37-29(19)40/h7-11,13,15-17,19,24H,3-6,12,14,18H2,1-2H3,(H,36,42)(H,37,40)(H,38,43)/t19-,24?,33+/m1/s1. The number of fused-ring (bicyclic) bond motifs is 6. The highest BCUT2D eigenvalue weighted by atomic mass is 35.5. The van der Waals surface area contributed by atoms with E-state index in [1.807, 2.05) is 19.1 Å². The largest absolute Gasteiger partial charge is 0.453 e. The molecule has 0 aliphatic carbocycles. The molecule has 1 fully saturated rings. The van der Waals surface area contributed by atoms with E-state index in [4.69, 9.17) is 21.1 Å². The molecule has 6 rings (SSSR count). The number of halogens is 1. The van der Waals surface area contributed by atoms with Crippen LogP contribution in [0, 0.1) is 5.92 Å². The van der Waals surface area contributed by atoms with E-state index in [-0.39, 0.29) is 24.3 Å². The molecule has 3 aliphatic heterocycles. The van der Waals surface area contributed by atoms with Crippen molar-refractivity contribution in [1.82, 2.24) is 9.88 Å². The van der Waals surface area contributed by atoms with E-state index in [0.717, 1.165) is 11.1 Å². The molecule has 2 aromatic carbocycles. The first kappa shape index (κ1) is 30.4. The number of anilines is 3. The SMILES string of the molecule is COC(=O)Nc1ccc2c(c1)NC(=O)[C@H](C)CCCC(C(=O)N1CCC[C@@]3(C1)OC(=O)Nc1ccc(Cl)cc13)c1cc-2ccn1. The van der Waals surface area contributed by atoms with Gasteiger partial charge >= 0.3 is 12.2 Å². The van der Waals surface area contributed by atoms with Crippen molar-refractivity contribution >= 4 is 52.7 Å². The third-order valence-electron chi connectivity index (χ3n) is 8.80. The first-order valence-corrected chi connectivity index (χ1v) is 15.4. The van der Waals surface area contributed by atoms with Crippen molar-refractivity contribution in [2.24, 2.45) is 5.92 Å². The number of hydrogen-bond donors (Lipinski definition) is 3. The van der Waals surface area contributed by atoms with Crippen molar-refractivity contribution in [2.75, 3.05) is 36.1 Å². The number of carbonyl (C=O) groups is 4. The molecule has 3 N–H and O–H groups in total. The lowest BCUT2D eigenvalue weighted by atomic mass is 9.82. The van der Waals surface area contributed by atoms with E-state index >= 15 is 0 Å². The Morgan fingerprint density at radius 1 is 1.07 bits per heavy atom.